The molecular weight excluding hydrogens is 152 g/mol. The Morgan fingerprint density at radius 1 is 1.80 bits per heavy atom. The summed E-state index contributed by atoms with van der Waals surface area (Å²) in [6.45, 7) is 1.85. The van der Waals surface area contributed by atoms with Crippen molar-refractivity contribution in [3.63, 3.8) is 0 Å². The Labute approximate surface area is 64.8 Å². The van der Waals surface area contributed by atoms with E-state index in [1.807, 2.05) is 6.92 Å². The number of carboxylic acids is 1. The second-order valence-corrected chi connectivity index (χ2v) is 2.95. The molecule has 0 aromatic heterocycles. The van der Waals surface area contributed by atoms with E-state index >= 15 is 0 Å². The summed E-state index contributed by atoms with van der Waals surface area (Å²) in [5, 5.41) is 8.20. The van der Waals surface area contributed by atoms with Crippen molar-refractivity contribution in [2.45, 2.75) is 18.6 Å². The van der Waals surface area contributed by atoms with Crippen molar-refractivity contribution in [3.05, 3.63) is 0 Å². The molecule has 0 bridgehead atoms. The van der Waals surface area contributed by atoms with E-state index < -0.39 is 5.97 Å². The van der Waals surface area contributed by atoms with Crippen LogP contribution in [0.5, 0.6) is 0 Å². The predicted molar refractivity (Wildman–Crippen MR) is 41.2 cm³/mol. The Hall–Kier alpha value is -0.220. The van der Waals surface area contributed by atoms with Crippen molar-refractivity contribution in [2.24, 2.45) is 0 Å². The third-order valence-corrected chi connectivity index (χ3v) is 2.34. The molecule has 0 spiro atoms. The Kier molecular flexibility index (Phi) is 5.43. The van der Waals surface area contributed by atoms with Gasteiger partial charge in [0, 0.05) is 7.11 Å². The van der Waals surface area contributed by atoms with Gasteiger partial charge in [-0.25, -0.2) is 0 Å². The van der Waals surface area contributed by atoms with E-state index in [0.717, 1.165) is 0 Å². The van der Waals surface area contributed by atoms with Crippen molar-refractivity contribution in [1.82, 2.24) is 0 Å². The number of rotatable bonds is 5. The normalized spacial score (nSPS) is 13.0. The first-order chi connectivity index (χ1) is 4.72. The topological polar surface area (TPSA) is 46.5 Å². The summed E-state index contributed by atoms with van der Waals surface area (Å²) in [5.74, 6) is -0.310. The molecule has 4 heteroatoms. The van der Waals surface area contributed by atoms with Crippen LogP contribution >= 0.6 is 11.8 Å². The minimum atomic E-state index is -0.760. The summed E-state index contributed by atoms with van der Waals surface area (Å²) >= 11 is 1.31. The zero-order valence-corrected chi connectivity index (χ0v) is 6.98. The first kappa shape index (κ1) is 9.78. The van der Waals surface area contributed by atoms with Gasteiger partial charge in [0.1, 0.15) is 5.25 Å². The molecule has 1 unspecified atom stereocenters. The van der Waals surface area contributed by atoms with Gasteiger partial charge in [-0.15, -0.1) is 11.8 Å². The summed E-state index contributed by atoms with van der Waals surface area (Å²) in [6, 6.07) is 0. The van der Waals surface area contributed by atoms with E-state index in [0.29, 0.717) is 12.4 Å². The van der Waals surface area contributed by atoms with Gasteiger partial charge in [0.15, 0.2) is 0 Å². The molecular formula is C6H12O3S. The lowest BCUT2D eigenvalue weighted by molar-refractivity contribution is -0.136. The maximum Gasteiger partial charge on any atom is 0.316 e. The number of thioether (sulfide) groups is 1. The zero-order valence-electron chi connectivity index (χ0n) is 6.16. The number of methoxy groups -OCH3 is 1. The molecule has 3 nitrogen and oxygen atoms in total. The van der Waals surface area contributed by atoms with Crippen LogP contribution in [0.3, 0.4) is 0 Å². The predicted octanol–water partition coefficient (Wildman–Crippen LogP) is 1.19. The molecule has 10 heavy (non-hydrogen) atoms. The molecule has 0 heterocycles. The van der Waals surface area contributed by atoms with Crippen LogP contribution in [0.25, 0.3) is 0 Å². The number of ether oxygens (including phenoxy) is 1. The highest BCUT2D eigenvalue weighted by Crippen LogP contribution is 2.13. The molecule has 0 amide bonds. The highest BCUT2D eigenvalue weighted by Gasteiger charge is 2.14. The van der Waals surface area contributed by atoms with E-state index in [4.69, 9.17) is 9.84 Å². The van der Waals surface area contributed by atoms with Crippen LogP contribution in [0.1, 0.15) is 13.3 Å². The molecule has 0 aliphatic rings. The van der Waals surface area contributed by atoms with E-state index in [1.165, 1.54) is 11.8 Å². The maximum absolute atomic E-state index is 10.4. The molecule has 0 fully saturated rings. The van der Waals surface area contributed by atoms with Crippen molar-refractivity contribution >= 4 is 17.7 Å². The highest BCUT2D eigenvalue weighted by atomic mass is 32.2. The summed E-state index contributed by atoms with van der Waals surface area (Å²) in [5.41, 5.74) is 0. The van der Waals surface area contributed by atoms with Gasteiger partial charge in [-0.3, -0.25) is 4.79 Å². The van der Waals surface area contributed by atoms with Crippen LogP contribution < -0.4 is 0 Å². The van der Waals surface area contributed by atoms with Crippen molar-refractivity contribution in [3.8, 4) is 0 Å². The summed E-state index contributed by atoms with van der Waals surface area (Å²) in [4.78, 5) is 10.4. The quantitative estimate of drug-likeness (QED) is 0.620. The Bertz CT molecular complexity index is 105. The maximum atomic E-state index is 10.4. The second-order valence-electron chi connectivity index (χ2n) is 1.81. The lowest BCUT2D eigenvalue weighted by Crippen LogP contribution is -2.15. The fourth-order valence-electron chi connectivity index (χ4n) is 0.514. The average Bonchev–Trinajstić information content (AvgIpc) is 1.89. The van der Waals surface area contributed by atoms with Crippen molar-refractivity contribution in [2.75, 3.05) is 13.0 Å². The van der Waals surface area contributed by atoms with Crippen LogP contribution in [0, 0.1) is 0 Å². The van der Waals surface area contributed by atoms with E-state index in [9.17, 15) is 4.79 Å². The lowest BCUT2D eigenvalue weighted by atomic mass is 10.3. The summed E-state index contributed by atoms with van der Waals surface area (Å²) < 4.78 is 4.72. The van der Waals surface area contributed by atoms with Gasteiger partial charge in [0.05, 0.1) is 5.94 Å². The van der Waals surface area contributed by atoms with Crippen molar-refractivity contribution in [1.29, 1.82) is 0 Å². The lowest BCUT2D eigenvalue weighted by Gasteiger charge is -2.06. The largest absolute Gasteiger partial charge is 0.480 e. The molecule has 0 saturated carbocycles. The highest BCUT2D eigenvalue weighted by molar-refractivity contribution is 8.00. The number of carboxylic acid groups (broad SMARTS) is 1. The number of hydrogen-bond acceptors (Lipinski definition) is 3. The molecule has 1 atom stereocenters. The molecule has 0 aromatic carbocycles. The third kappa shape index (κ3) is 3.74. The molecule has 0 aliphatic carbocycles. The van der Waals surface area contributed by atoms with E-state index in [1.54, 1.807) is 7.11 Å². The summed E-state index contributed by atoms with van der Waals surface area (Å²) in [6.07, 6.45) is 0.642. The Morgan fingerprint density at radius 3 is 2.70 bits per heavy atom. The standard InChI is InChI=1S/C6H12O3S/c1-3-5(6(7)8)10-4-9-2/h5H,3-4H2,1-2H3,(H,7,8). The van der Waals surface area contributed by atoms with E-state index in [2.05, 4.69) is 0 Å². The zero-order chi connectivity index (χ0) is 7.98. The number of hydrogen-bond donors (Lipinski definition) is 1. The monoisotopic (exact) mass is 164 g/mol. The van der Waals surface area contributed by atoms with Gasteiger partial charge < -0.3 is 9.84 Å². The molecule has 0 rings (SSSR count). The van der Waals surface area contributed by atoms with Crippen molar-refractivity contribution < 1.29 is 14.6 Å². The molecule has 1 N–H and O–H groups in total. The second kappa shape index (κ2) is 5.56. The van der Waals surface area contributed by atoms with Crippen LogP contribution in [0.15, 0.2) is 0 Å². The Balaban J connectivity index is 3.50. The van der Waals surface area contributed by atoms with Gasteiger partial charge in [0.2, 0.25) is 0 Å². The molecule has 0 radical (unpaired) electrons. The smallest absolute Gasteiger partial charge is 0.316 e. The number of aliphatic carboxylic acids is 1. The fourth-order valence-corrected chi connectivity index (χ4v) is 1.19. The minimum absolute atomic E-state index is 0.319. The summed E-state index contributed by atoms with van der Waals surface area (Å²) in [7, 11) is 1.56. The van der Waals surface area contributed by atoms with Crippen LogP contribution in [0.4, 0.5) is 0 Å². The molecule has 0 aromatic rings. The van der Waals surface area contributed by atoms with Gasteiger partial charge in [-0.2, -0.15) is 0 Å². The Morgan fingerprint density at radius 2 is 2.40 bits per heavy atom. The fraction of sp³-hybridized carbons (Fsp3) is 0.833. The first-order valence-electron chi connectivity index (χ1n) is 3.05. The SMILES string of the molecule is CCC(SCOC)C(=O)O. The third-order valence-electron chi connectivity index (χ3n) is 1.03. The van der Waals surface area contributed by atoms with Gasteiger partial charge in [-0.1, -0.05) is 6.92 Å². The van der Waals surface area contributed by atoms with Gasteiger partial charge in [-0.05, 0) is 6.42 Å². The average molecular weight is 164 g/mol. The van der Waals surface area contributed by atoms with Crippen LogP contribution in [0.2, 0.25) is 0 Å². The van der Waals surface area contributed by atoms with E-state index in [-0.39, 0.29) is 5.25 Å². The minimum Gasteiger partial charge on any atom is -0.480 e. The first-order valence-corrected chi connectivity index (χ1v) is 4.10. The van der Waals surface area contributed by atoms with Gasteiger partial charge in [0.25, 0.3) is 0 Å². The van der Waals surface area contributed by atoms with Crippen LogP contribution in [-0.2, 0) is 9.53 Å². The van der Waals surface area contributed by atoms with Gasteiger partial charge >= 0.3 is 5.97 Å². The number of carbonyl (C=O) groups is 1. The molecule has 0 aliphatic heterocycles. The molecule has 0 saturated heterocycles. The van der Waals surface area contributed by atoms with Crippen LogP contribution in [-0.4, -0.2) is 29.4 Å². The molecule has 60 valence electrons.